The van der Waals surface area contributed by atoms with Gasteiger partial charge in [-0.05, 0) is 37.1 Å². The highest BCUT2D eigenvalue weighted by Gasteiger charge is 2.20. The number of benzene rings is 1. The third-order valence-corrected chi connectivity index (χ3v) is 4.99. The first-order chi connectivity index (χ1) is 12.4. The Labute approximate surface area is 152 Å². The van der Waals surface area contributed by atoms with Crippen molar-refractivity contribution < 1.29 is 19.1 Å². The van der Waals surface area contributed by atoms with E-state index in [-0.39, 0.29) is 12.2 Å². The van der Waals surface area contributed by atoms with E-state index in [2.05, 4.69) is 14.7 Å². The number of hydrogen-bond acceptors (Lipinski definition) is 7. The summed E-state index contributed by atoms with van der Waals surface area (Å²) in [5.41, 5.74) is 1.32. The van der Waals surface area contributed by atoms with Gasteiger partial charge in [-0.15, -0.1) is 11.3 Å². The van der Waals surface area contributed by atoms with Crippen LogP contribution in [0.4, 0.5) is 0 Å². The molecular formula is C18H16N2O5S. The Balaban J connectivity index is 1.82. The van der Waals surface area contributed by atoms with Gasteiger partial charge in [-0.2, -0.15) is 0 Å². The fourth-order valence-corrected chi connectivity index (χ4v) is 3.69. The number of fused-ring (bicyclic) bond motifs is 1. The number of H-pyrrole nitrogens is 1. The zero-order chi connectivity index (χ0) is 18.8. The maximum atomic E-state index is 12.4. The van der Waals surface area contributed by atoms with Crippen molar-refractivity contribution in [3.8, 4) is 0 Å². The topological polar surface area (TPSA) is 98.3 Å². The summed E-state index contributed by atoms with van der Waals surface area (Å²) in [6.07, 6.45) is 0. The average Bonchev–Trinajstić information content (AvgIpc) is 2.95. The van der Waals surface area contributed by atoms with Crippen molar-refractivity contribution >= 4 is 33.5 Å². The largest absolute Gasteiger partial charge is 0.465 e. The number of ether oxygens (including phenoxy) is 2. The van der Waals surface area contributed by atoms with Gasteiger partial charge in [0.15, 0.2) is 0 Å². The van der Waals surface area contributed by atoms with E-state index in [1.807, 2.05) is 0 Å². The summed E-state index contributed by atoms with van der Waals surface area (Å²) >= 11 is 1.13. The van der Waals surface area contributed by atoms with Crippen molar-refractivity contribution in [2.24, 2.45) is 0 Å². The molecule has 2 heterocycles. The van der Waals surface area contributed by atoms with Crippen LogP contribution in [0.15, 0.2) is 29.1 Å². The third-order valence-electron chi connectivity index (χ3n) is 3.82. The molecule has 0 atom stereocenters. The summed E-state index contributed by atoms with van der Waals surface area (Å²) < 4.78 is 10.0. The number of thiophene rings is 1. The second kappa shape index (κ2) is 7.09. The average molecular weight is 372 g/mol. The van der Waals surface area contributed by atoms with Gasteiger partial charge in [-0.25, -0.2) is 14.6 Å². The van der Waals surface area contributed by atoms with E-state index >= 15 is 0 Å². The van der Waals surface area contributed by atoms with Gasteiger partial charge in [0.05, 0.1) is 18.1 Å². The zero-order valence-electron chi connectivity index (χ0n) is 14.4. The number of aromatic nitrogens is 2. The van der Waals surface area contributed by atoms with E-state index in [4.69, 9.17) is 4.74 Å². The van der Waals surface area contributed by atoms with Crippen LogP contribution in [0.25, 0.3) is 10.2 Å². The molecule has 0 aliphatic heterocycles. The molecule has 0 amide bonds. The second-order valence-corrected chi connectivity index (χ2v) is 6.65. The van der Waals surface area contributed by atoms with Crippen LogP contribution in [0, 0.1) is 13.8 Å². The normalized spacial score (nSPS) is 10.7. The van der Waals surface area contributed by atoms with Crippen molar-refractivity contribution in [1.29, 1.82) is 0 Å². The molecule has 8 heteroatoms. The van der Waals surface area contributed by atoms with Gasteiger partial charge >= 0.3 is 11.9 Å². The molecule has 0 bridgehead atoms. The molecular weight excluding hydrogens is 356 g/mol. The Morgan fingerprint density at radius 3 is 2.73 bits per heavy atom. The molecule has 0 spiro atoms. The second-order valence-electron chi connectivity index (χ2n) is 5.66. The van der Waals surface area contributed by atoms with Gasteiger partial charge < -0.3 is 14.5 Å². The minimum atomic E-state index is -0.536. The van der Waals surface area contributed by atoms with Gasteiger partial charge in [0, 0.05) is 0 Å². The van der Waals surface area contributed by atoms with Crippen molar-refractivity contribution in [3.63, 3.8) is 0 Å². The lowest BCUT2D eigenvalue weighted by molar-refractivity contribution is 0.0478. The predicted octanol–water partition coefficient (Wildman–Crippen LogP) is 2.75. The van der Waals surface area contributed by atoms with E-state index in [0.29, 0.717) is 37.6 Å². The van der Waals surface area contributed by atoms with Gasteiger partial charge in [-0.1, -0.05) is 12.1 Å². The van der Waals surface area contributed by atoms with Crippen molar-refractivity contribution in [3.05, 3.63) is 62.0 Å². The van der Waals surface area contributed by atoms with Crippen molar-refractivity contribution in [1.82, 2.24) is 9.97 Å². The Hall–Kier alpha value is -3.00. The quantitative estimate of drug-likeness (QED) is 0.707. The summed E-state index contributed by atoms with van der Waals surface area (Å²) in [6, 6.07) is 6.65. The summed E-state index contributed by atoms with van der Waals surface area (Å²) in [6.45, 7) is 3.38. The SMILES string of the molecule is COC(=O)c1cccc(COC(=O)c2sc3nc(C)[nH]c(=O)c3c2C)c1. The zero-order valence-corrected chi connectivity index (χ0v) is 15.2. The molecule has 0 aliphatic rings. The van der Waals surface area contributed by atoms with Crippen LogP contribution >= 0.6 is 11.3 Å². The number of nitrogens with zero attached hydrogens (tertiary/aromatic N) is 1. The lowest BCUT2D eigenvalue weighted by atomic mass is 10.1. The molecule has 0 unspecified atom stereocenters. The Kier molecular flexibility index (Phi) is 4.85. The van der Waals surface area contributed by atoms with Crippen LogP contribution in [0.2, 0.25) is 0 Å². The van der Waals surface area contributed by atoms with Crippen LogP contribution in [-0.4, -0.2) is 29.0 Å². The molecule has 1 N–H and O–H groups in total. The van der Waals surface area contributed by atoms with Crippen LogP contribution < -0.4 is 5.56 Å². The lowest BCUT2D eigenvalue weighted by Crippen LogP contribution is -2.10. The molecule has 0 saturated carbocycles. The fraction of sp³-hybridized carbons (Fsp3) is 0.222. The maximum Gasteiger partial charge on any atom is 0.349 e. The molecule has 0 aliphatic carbocycles. The van der Waals surface area contributed by atoms with E-state index < -0.39 is 11.9 Å². The molecule has 26 heavy (non-hydrogen) atoms. The van der Waals surface area contributed by atoms with Crippen LogP contribution in [0.5, 0.6) is 0 Å². The number of esters is 2. The number of nitrogens with one attached hydrogen (secondary N) is 1. The monoisotopic (exact) mass is 372 g/mol. The Morgan fingerprint density at radius 2 is 2.00 bits per heavy atom. The highest BCUT2D eigenvalue weighted by molar-refractivity contribution is 7.20. The molecule has 0 saturated heterocycles. The molecule has 7 nitrogen and oxygen atoms in total. The number of methoxy groups -OCH3 is 1. The number of aromatic amines is 1. The summed E-state index contributed by atoms with van der Waals surface area (Å²) in [4.78, 5) is 43.8. The van der Waals surface area contributed by atoms with E-state index in [0.717, 1.165) is 11.3 Å². The highest BCUT2D eigenvalue weighted by atomic mass is 32.1. The predicted molar refractivity (Wildman–Crippen MR) is 96.6 cm³/mol. The van der Waals surface area contributed by atoms with E-state index in [9.17, 15) is 14.4 Å². The molecule has 2 aromatic heterocycles. The van der Waals surface area contributed by atoms with Gasteiger partial charge in [0.25, 0.3) is 5.56 Å². The first-order valence-electron chi connectivity index (χ1n) is 7.75. The lowest BCUT2D eigenvalue weighted by Gasteiger charge is -2.06. The molecule has 3 aromatic rings. The first kappa shape index (κ1) is 17.8. The number of rotatable bonds is 4. The smallest absolute Gasteiger partial charge is 0.349 e. The maximum absolute atomic E-state index is 12.4. The molecule has 0 radical (unpaired) electrons. The Bertz CT molecular complexity index is 1070. The van der Waals surface area contributed by atoms with Gasteiger partial charge in [-0.3, -0.25) is 4.79 Å². The summed E-state index contributed by atoms with van der Waals surface area (Å²) in [5, 5.41) is 0.403. The number of hydrogen-bond donors (Lipinski definition) is 1. The minimum absolute atomic E-state index is 0.000165. The van der Waals surface area contributed by atoms with Crippen LogP contribution in [0.3, 0.4) is 0 Å². The van der Waals surface area contributed by atoms with E-state index in [1.54, 1.807) is 38.1 Å². The molecule has 1 aromatic carbocycles. The van der Waals surface area contributed by atoms with Gasteiger partial charge in [0.2, 0.25) is 0 Å². The number of carbonyl (C=O) groups excluding carboxylic acids is 2. The Morgan fingerprint density at radius 1 is 1.23 bits per heavy atom. The number of aryl methyl sites for hydroxylation is 2. The summed E-state index contributed by atoms with van der Waals surface area (Å²) in [5.74, 6) is -0.506. The number of carbonyl (C=O) groups is 2. The molecule has 3 rings (SSSR count). The fourth-order valence-electron chi connectivity index (χ4n) is 2.57. The molecule has 134 valence electrons. The van der Waals surface area contributed by atoms with Crippen molar-refractivity contribution in [2.45, 2.75) is 20.5 Å². The first-order valence-corrected chi connectivity index (χ1v) is 8.56. The van der Waals surface area contributed by atoms with E-state index in [1.165, 1.54) is 7.11 Å². The van der Waals surface area contributed by atoms with Crippen molar-refractivity contribution in [2.75, 3.05) is 7.11 Å². The standard InChI is InChI=1S/C18H16N2O5S/c1-9-13-15(21)19-10(2)20-16(13)26-14(9)18(23)25-8-11-5-4-6-12(7-11)17(22)24-3/h4-7H,8H2,1-3H3,(H,19,20,21). The minimum Gasteiger partial charge on any atom is -0.465 e. The van der Waals surface area contributed by atoms with Crippen LogP contribution in [-0.2, 0) is 16.1 Å². The van der Waals surface area contributed by atoms with Crippen LogP contribution in [0.1, 0.15) is 37.0 Å². The highest BCUT2D eigenvalue weighted by Crippen LogP contribution is 2.27. The third kappa shape index (κ3) is 3.36. The van der Waals surface area contributed by atoms with Gasteiger partial charge in [0.1, 0.15) is 22.1 Å². The summed E-state index contributed by atoms with van der Waals surface area (Å²) in [7, 11) is 1.30. The molecule has 0 fully saturated rings.